The Bertz CT molecular complexity index is 2950. The second-order valence-electron chi connectivity index (χ2n) is 21.1. The molecule has 2 N–H and O–H groups in total. The van der Waals surface area contributed by atoms with Crippen LogP contribution >= 0.6 is 16.4 Å². The number of nitrogens with zero attached hydrogens (tertiary/aromatic N) is 4. The van der Waals surface area contributed by atoms with Crippen LogP contribution in [0.3, 0.4) is 0 Å². The quantitative estimate of drug-likeness (QED) is 0.0576. The van der Waals surface area contributed by atoms with Crippen molar-refractivity contribution in [1.29, 1.82) is 0 Å². The Morgan fingerprint density at radius 3 is 1.72 bits per heavy atom. The smallest absolute Gasteiger partial charge is 0.505 e. The number of aryl methyl sites for hydroxylation is 2. The summed E-state index contributed by atoms with van der Waals surface area (Å²) in [5.74, 6) is -2.34. The zero-order chi connectivity index (χ0) is 58.5. The number of hydrogen-bond donors (Lipinski definition) is 2. The normalized spacial score (nSPS) is 19.1. The van der Waals surface area contributed by atoms with Crippen LogP contribution in [-0.4, -0.2) is 136 Å². The number of halogens is 6. The van der Waals surface area contributed by atoms with Crippen LogP contribution in [0.1, 0.15) is 124 Å². The Morgan fingerprint density at radius 2 is 1.24 bits per heavy atom. The number of pyridine rings is 2. The summed E-state index contributed by atoms with van der Waals surface area (Å²) in [6.07, 6.45) is -0.845. The molecule has 2 aromatic heterocycles. The standard InChI is InChI=1S/C24H27F3N2O6P.C13H11F3NO2P.C11H17NO5.C4H9N/c1-13-20-19(15-8-14(11-36(25,26)27)6-7-16(15)28-13)18(30)10-24(34-20)9-17(21(31)33-5)29(12-24)22(32)35-23(2,3)4;1-7-13(19)12(8(2)18)10-5-9(6-20(14,15)16)3-4-11(10)17-7;1-11(2,3)17-10(15)12-6-7(13)5-8(12)9(14)16-4;1-2-4-5-3-1/h6-8,17H,9-12H2,1-5H3;3-5H,6H2,1-2H3;8H,5-6H2,1-4H3;5H,1-4H2/q+1;;;/p+1/t17-,24?;;8-;/m0.0./s1. The van der Waals surface area contributed by atoms with Crippen LogP contribution in [0.25, 0.3) is 21.8 Å². The molecule has 6 heterocycles. The van der Waals surface area contributed by atoms with E-state index in [0.717, 1.165) is 4.90 Å². The topological polar surface area (TPSA) is 230 Å². The van der Waals surface area contributed by atoms with Crippen molar-refractivity contribution >= 4 is 79.7 Å². The Balaban J connectivity index is 0.000000224. The average molecular weight is 1140 g/mol. The lowest BCUT2D eigenvalue weighted by Gasteiger charge is -2.35. The minimum Gasteiger partial charge on any atom is -0.505 e. The molecule has 2 amide bonds. The van der Waals surface area contributed by atoms with E-state index in [9.17, 15) is 63.8 Å². The molecular formula is C52H65F6N5O13P2+2. The van der Waals surface area contributed by atoms with E-state index in [0.29, 0.717) is 16.7 Å². The van der Waals surface area contributed by atoms with Crippen molar-refractivity contribution in [1.82, 2.24) is 25.1 Å². The zero-order valence-corrected chi connectivity index (χ0v) is 47.0. The number of carbonyl (C=O) groups excluding carboxylic acids is 7. The highest BCUT2D eigenvalue weighted by atomic mass is 31.3. The number of rotatable bonds is 7. The second-order valence-corrected chi connectivity index (χ2v) is 23.9. The lowest BCUT2D eigenvalue weighted by molar-refractivity contribution is -0.146. The van der Waals surface area contributed by atoms with Gasteiger partial charge in [0.1, 0.15) is 34.6 Å². The summed E-state index contributed by atoms with van der Waals surface area (Å²) < 4.78 is 103. The minimum atomic E-state index is -5.57. The Labute approximate surface area is 448 Å². The molecule has 8 rings (SSSR count). The molecule has 0 radical (unpaired) electrons. The summed E-state index contributed by atoms with van der Waals surface area (Å²) in [6, 6.07) is 6.36. The number of ether oxygens (including phenoxy) is 5. The molecule has 18 nitrogen and oxygen atoms in total. The number of likely N-dealkylation sites (tertiary alicyclic amines) is 2. The third-order valence-electron chi connectivity index (χ3n) is 12.2. The molecule has 26 heteroatoms. The van der Waals surface area contributed by atoms with Crippen molar-refractivity contribution in [3.63, 3.8) is 0 Å². The van der Waals surface area contributed by atoms with Crippen LogP contribution < -0.4 is 10.1 Å². The number of fused-ring (bicyclic) bond motifs is 4. The van der Waals surface area contributed by atoms with Crippen LogP contribution in [0, 0.1) is 13.8 Å². The molecule has 1 unspecified atom stereocenters. The summed E-state index contributed by atoms with van der Waals surface area (Å²) in [7, 11) is -8.60. The van der Waals surface area contributed by atoms with Gasteiger partial charge in [0.2, 0.25) is 0 Å². The van der Waals surface area contributed by atoms with Gasteiger partial charge in [0.15, 0.2) is 35.4 Å². The maximum absolute atomic E-state index is 13.5. The lowest BCUT2D eigenvalue weighted by Crippen LogP contribution is -2.47. The van der Waals surface area contributed by atoms with Gasteiger partial charge in [-0.05, 0) is 124 Å². The molecule has 0 bridgehead atoms. The number of esters is 2. The number of carbonyl (C=O) groups is 7. The van der Waals surface area contributed by atoms with E-state index in [-0.39, 0.29) is 94.1 Å². The van der Waals surface area contributed by atoms with Gasteiger partial charge in [-0.15, -0.1) is 0 Å². The molecule has 0 saturated carbocycles. The minimum absolute atomic E-state index is 0.00802. The number of Topliss-reactive ketones (excluding diaryl/α,β-unsaturated/α-hetero) is 3. The van der Waals surface area contributed by atoms with Gasteiger partial charge in [-0.1, -0.05) is 12.1 Å². The number of nitrogens with one attached hydrogen (secondary N) is 1. The number of ketones is 3. The molecule has 3 fully saturated rings. The van der Waals surface area contributed by atoms with Gasteiger partial charge in [0.25, 0.3) is 0 Å². The van der Waals surface area contributed by atoms with Crippen molar-refractivity contribution in [2.24, 2.45) is 0 Å². The molecule has 426 valence electrons. The first-order chi connectivity index (χ1) is 36.0. The number of amides is 2. The fourth-order valence-corrected chi connectivity index (χ4v) is 10.2. The molecular weight excluding hydrogens is 1080 g/mol. The average Bonchev–Trinajstić information content (AvgIpc) is 4.12. The van der Waals surface area contributed by atoms with Gasteiger partial charge >= 0.3 is 40.5 Å². The summed E-state index contributed by atoms with van der Waals surface area (Å²) in [5.41, 5.74) is -0.974. The summed E-state index contributed by atoms with van der Waals surface area (Å²) in [5, 5.41) is 13.7. The van der Waals surface area contributed by atoms with Crippen molar-refractivity contribution in [3.05, 3.63) is 70.0 Å². The Morgan fingerprint density at radius 1 is 0.756 bits per heavy atom. The van der Waals surface area contributed by atoms with E-state index in [2.05, 4.69) is 20.0 Å². The van der Waals surface area contributed by atoms with Crippen LogP contribution in [0.2, 0.25) is 0 Å². The first-order valence-corrected chi connectivity index (χ1v) is 27.9. The van der Waals surface area contributed by atoms with Crippen LogP contribution in [0.5, 0.6) is 11.5 Å². The fourth-order valence-electron chi connectivity index (χ4n) is 9.02. The highest BCUT2D eigenvalue weighted by molar-refractivity contribution is 7.59. The first-order valence-electron chi connectivity index (χ1n) is 24.6. The highest BCUT2D eigenvalue weighted by Gasteiger charge is 2.56. The van der Waals surface area contributed by atoms with Crippen molar-refractivity contribution in [3.8, 4) is 11.5 Å². The van der Waals surface area contributed by atoms with Crippen LogP contribution in [0.15, 0.2) is 36.4 Å². The molecule has 3 atom stereocenters. The van der Waals surface area contributed by atoms with Gasteiger partial charge in [0, 0.05) is 48.8 Å². The maximum Gasteiger partial charge on any atom is 0.573 e. The van der Waals surface area contributed by atoms with E-state index in [1.54, 1.807) is 48.5 Å². The summed E-state index contributed by atoms with van der Waals surface area (Å²) >= 11 is 0. The number of aromatic hydroxyl groups is 1. The SMILES string of the molecule is C1CCNC1.CC(=O)c1c(O)c(C)nc2ccc(C[P+](F)(F)F)cc12.COC(=O)[C@@H]1CC(=O)CN1C(=O)OC(C)(C)C.COC(=O)[C@@H]1CC2(CC(=O)c3c(c(C)nc4ccc(C[P+](F)(F)F)cc34)O2)CN1C(=O)OC(C)(C)C. The summed E-state index contributed by atoms with van der Waals surface area (Å²) in [6.45, 7) is 17.0. The van der Waals surface area contributed by atoms with Gasteiger partial charge in [0.05, 0.1) is 67.3 Å². The van der Waals surface area contributed by atoms with Gasteiger partial charge < -0.3 is 34.1 Å². The van der Waals surface area contributed by atoms with E-state index >= 15 is 0 Å². The molecule has 4 aliphatic rings. The zero-order valence-electron chi connectivity index (χ0n) is 45.2. The molecule has 4 aromatic rings. The molecule has 2 aromatic carbocycles. The molecule has 78 heavy (non-hydrogen) atoms. The monoisotopic (exact) mass is 1140 g/mol. The molecule has 3 saturated heterocycles. The number of hydrogen-bond acceptors (Lipinski definition) is 16. The van der Waals surface area contributed by atoms with E-state index in [4.69, 9.17) is 18.9 Å². The summed E-state index contributed by atoms with van der Waals surface area (Å²) in [4.78, 5) is 95.9. The molecule has 4 aliphatic heterocycles. The third kappa shape index (κ3) is 16.6. The largest absolute Gasteiger partial charge is 0.573 e. The van der Waals surface area contributed by atoms with Gasteiger partial charge in [-0.3, -0.25) is 24.2 Å². The van der Waals surface area contributed by atoms with E-state index in [1.807, 2.05) is 0 Å². The maximum atomic E-state index is 13.5. The number of benzene rings is 2. The van der Waals surface area contributed by atoms with Gasteiger partial charge in [-0.2, -0.15) is 0 Å². The highest BCUT2D eigenvalue weighted by Crippen LogP contribution is 2.67. The molecule has 0 aliphatic carbocycles. The van der Waals surface area contributed by atoms with Crippen LogP contribution in [-0.2, 0) is 45.7 Å². The third-order valence-corrected chi connectivity index (χ3v) is 13.7. The number of methoxy groups -OCH3 is 2. The van der Waals surface area contributed by atoms with Crippen molar-refractivity contribution < 1.29 is 87.5 Å². The predicted octanol–water partition coefficient (Wildman–Crippen LogP) is 11.3. The first kappa shape index (κ1) is 62.6. The number of aromatic nitrogens is 2. The van der Waals surface area contributed by atoms with Crippen molar-refractivity contribution in [2.45, 2.75) is 136 Å². The van der Waals surface area contributed by atoms with E-state index < -0.39 is 87.5 Å². The second kappa shape index (κ2) is 24.8. The molecule has 1 spiro atoms. The van der Waals surface area contributed by atoms with Crippen molar-refractivity contribution in [2.75, 3.05) is 40.4 Å². The van der Waals surface area contributed by atoms with Gasteiger partial charge in [-0.25, -0.2) is 29.1 Å². The lowest BCUT2D eigenvalue weighted by atomic mass is 9.86. The Hall–Kier alpha value is -6.25. The van der Waals surface area contributed by atoms with Crippen LogP contribution in [0.4, 0.5) is 34.8 Å². The van der Waals surface area contributed by atoms with E-state index in [1.165, 1.54) is 95.3 Å². The Kier molecular flexibility index (Phi) is 19.9. The predicted molar refractivity (Wildman–Crippen MR) is 279 cm³/mol. The fraction of sp³-hybridized carbons (Fsp3) is 0.519.